The Morgan fingerprint density at radius 1 is 1.02 bits per heavy atom. The lowest BCUT2D eigenvalue weighted by Crippen LogP contribution is -2.34. The Balaban J connectivity index is 0.00000337. The highest BCUT2D eigenvalue weighted by Crippen LogP contribution is 2.23. The fraction of sp³-hybridized carbons (Fsp3) is 0.0968. The first-order chi connectivity index (χ1) is 19.5. The number of aromatic nitrogens is 5. The number of carbonyl (C=O) groups excluding carboxylic acids is 1. The number of fused-ring (bicyclic) bond motifs is 2. The zero-order valence-corrected chi connectivity index (χ0v) is 22.0. The van der Waals surface area contributed by atoms with E-state index in [4.69, 9.17) is 10.7 Å². The molecule has 2 aromatic carbocycles. The number of amides is 1. The molecule has 4 aromatic heterocycles. The summed E-state index contributed by atoms with van der Waals surface area (Å²) in [6.07, 6.45) is 4.85. The van der Waals surface area contributed by atoms with Gasteiger partial charge >= 0.3 is 0 Å². The van der Waals surface area contributed by atoms with Crippen molar-refractivity contribution >= 4 is 44.9 Å². The van der Waals surface area contributed by atoms with Crippen LogP contribution in [0.1, 0.15) is 47.0 Å². The van der Waals surface area contributed by atoms with Gasteiger partial charge in [0, 0.05) is 23.3 Å². The highest BCUT2D eigenvalue weighted by Gasteiger charge is 2.23. The topological polar surface area (TPSA) is 129 Å². The van der Waals surface area contributed by atoms with Crippen LogP contribution in [0.2, 0.25) is 0 Å². The Morgan fingerprint density at radius 3 is 2.63 bits per heavy atom. The second-order valence-corrected chi connectivity index (χ2v) is 9.80. The average Bonchev–Trinajstić information content (AvgIpc) is 3.50. The van der Waals surface area contributed by atoms with Gasteiger partial charge in [0.05, 0.1) is 44.7 Å². The second kappa shape index (κ2) is 11.4. The molecular weight excluding hydrogens is 534 g/mol. The number of nitrogens with one attached hydrogen (secondary N) is 1. The maximum absolute atomic E-state index is 14.1. The minimum atomic E-state index is -0.685. The number of para-hydroxylation sites is 1. The van der Waals surface area contributed by atoms with E-state index in [2.05, 4.69) is 32.1 Å². The third kappa shape index (κ3) is 5.14. The number of nitrogens with zero attached hydrogens (tertiary/aromatic N) is 5. The maximum Gasteiger partial charge on any atom is 0.267 e. The van der Waals surface area contributed by atoms with Gasteiger partial charge in [0.25, 0.3) is 11.5 Å². The van der Waals surface area contributed by atoms with Crippen LogP contribution >= 0.6 is 11.3 Å². The summed E-state index contributed by atoms with van der Waals surface area (Å²) in [5.41, 5.74) is 9.75. The normalized spacial score (nSPS) is 11.3. The standard InChI is InChI=1S/C30H21N7O2S.CH4/c1-18(35-29(38)25-26-20(8-6-14-33-26)15-34-27(25)31)28-36-23-11-5-7-19(12-13-22-16-32-17-40-22)24(23)30(39)37(28)21-9-3-2-4-10-21;/h2-11,14-18H,1H3,(H2,31,34)(H,35,38);1H4/t18-;/m0./s1. The van der Waals surface area contributed by atoms with Gasteiger partial charge in [-0.1, -0.05) is 37.6 Å². The van der Waals surface area contributed by atoms with Crippen LogP contribution in [0.15, 0.2) is 89.6 Å². The van der Waals surface area contributed by atoms with Crippen molar-refractivity contribution in [3.63, 3.8) is 0 Å². The Labute approximate surface area is 239 Å². The maximum atomic E-state index is 14.1. The van der Waals surface area contributed by atoms with Gasteiger partial charge in [-0.25, -0.2) is 9.97 Å². The molecule has 4 heterocycles. The van der Waals surface area contributed by atoms with Gasteiger partial charge in [0.1, 0.15) is 17.2 Å². The first-order valence-electron chi connectivity index (χ1n) is 12.3. The Bertz CT molecular complexity index is 2010. The molecule has 3 N–H and O–H groups in total. The van der Waals surface area contributed by atoms with Gasteiger partial charge in [0.2, 0.25) is 0 Å². The van der Waals surface area contributed by atoms with Crippen LogP contribution in [0.5, 0.6) is 0 Å². The SMILES string of the molecule is C.C[C@H](NC(=O)c1c(N)ncc2cccnc12)c1nc2cccc(C#Cc3cncs3)c2c(=O)n1-c1ccccc1. The largest absolute Gasteiger partial charge is 0.383 e. The number of rotatable bonds is 4. The van der Waals surface area contributed by atoms with Crippen LogP contribution < -0.4 is 16.6 Å². The smallest absolute Gasteiger partial charge is 0.267 e. The van der Waals surface area contributed by atoms with E-state index < -0.39 is 11.9 Å². The average molecular weight is 560 g/mol. The molecule has 9 nitrogen and oxygen atoms in total. The summed E-state index contributed by atoms with van der Waals surface area (Å²) in [5, 5.41) is 4.02. The first kappa shape index (κ1) is 27.2. The lowest BCUT2D eigenvalue weighted by atomic mass is 10.1. The molecule has 1 amide bonds. The van der Waals surface area contributed by atoms with Crippen molar-refractivity contribution in [2.24, 2.45) is 0 Å². The van der Waals surface area contributed by atoms with E-state index in [1.54, 1.807) is 55.3 Å². The third-order valence-corrected chi connectivity index (χ3v) is 7.02. The van der Waals surface area contributed by atoms with Gasteiger partial charge in [0.15, 0.2) is 0 Å². The first-order valence-corrected chi connectivity index (χ1v) is 13.2. The van der Waals surface area contributed by atoms with Gasteiger partial charge in [-0.05, 0) is 49.2 Å². The van der Waals surface area contributed by atoms with E-state index in [0.29, 0.717) is 38.9 Å². The van der Waals surface area contributed by atoms with E-state index in [0.717, 1.165) is 4.88 Å². The molecule has 6 aromatic rings. The number of carbonyl (C=O) groups is 1. The molecule has 0 bridgehead atoms. The zero-order chi connectivity index (χ0) is 27.6. The molecule has 0 aliphatic heterocycles. The molecule has 0 aliphatic rings. The molecular formula is C31H25N7O2S. The van der Waals surface area contributed by atoms with E-state index in [9.17, 15) is 9.59 Å². The van der Waals surface area contributed by atoms with Crippen LogP contribution in [0.4, 0.5) is 5.82 Å². The van der Waals surface area contributed by atoms with Gasteiger partial charge in [-0.15, -0.1) is 11.3 Å². The highest BCUT2D eigenvalue weighted by atomic mass is 32.1. The molecule has 0 unspecified atom stereocenters. The number of hydrogen-bond acceptors (Lipinski definition) is 8. The van der Waals surface area contributed by atoms with Crippen molar-refractivity contribution in [3.8, 4) is 17.5 Å². The number of thiazole rings is 1. The predicted octanol–water partition coefficient (Wildman–Crippen LogP) is 4.89. The Hall–Kier alpha value is -5.40. The van der Waals surface area contributed by atoms with E-state index in [1.807, 2.05) is 36.4 Å². The lowest BCUT2D eigenvalue weighted by Gasteiger charge is -2.20. The molecule has 202 valence electrons. The number of nitrogen functional groups attached to an aromatic ring is 1. The fourth-order valence-corrected chi connectivity index (χ4v) is 4.95. The summed E-state index contributed by atoms with van der Waals surface area (Å²) >= 11 is 1.42. The molecule has 10 heteroatoms. The minimum Gasteiger partial charge on any atom is -0.383 e. The van der Waals surface area contributed by atoms with Gasteiger partial charge < -0.3 is 11.1 Å². The van der Waals surface area contributed by atoms with E-state index in [1.165, 1.54) is 15.9 Å². The van der Waals surface area contributed by atoms with Crippen LogP contribution in [-0.2, 0) is 0 Å². The number of hydrogen-bond donors (Lipinski definition) is 2. The number of anilines is 1. The quantitative estimate of drug-likeness (QED) is 0.294. The van der Waals surface area contributed by atoms with Crippen molar-refractivity contribution in [2.75, 3.05) is 5.73 Å². The molecule has 0 saturated carbocycles. The van der Waals surface area contributed by atoms with E-state index >= 15 is 0 Å². The Kier molecular flexibility index (Phi) is 7.54. The molecule has 0 radical (unpaired) electrons. The summed E-state index contributed by atoms with van der Waals surface area (Å²) in [6, 6.07) is 17.4. The molecule has 0 saturated heterocycles. The molecule has 0 fully saturated rings. The van der Waals surface area contributed by atoms with Crippen molar-refractivity contribution in [3.05, 3.63) is 117 Å². The van der Waals surface area contributed by atoms with Crippen molar-refractivity contribution in [1.82, 2.24) is 29.8 Å². The molecule has 0 aliphatic carbocycles. The predicted molar refractivity (Wildman–Crippen MR) is 162 cm³/mol. The number of nitrogens with two attached hydrogens (primary N) is 1. The second-order valence-electron chi connectivity index (χ2n) is 8.92. The summed E-state index contributed by atoms with van der Waals surface area (Å²) in [6.45, 7) is 1.76. The van der Waals surface area contributed by atoms with Gasteiger partial charge in [-0.3, -0.25) is 24.1 Å². The lowest BCUT2D eigenvalue weighted by molar-refractivity contribution is 0.0940. The van der Waals surface area contributed by atoms with Crippen LogP contribution in [0, 0.1) is 11.8 Å². The molecule has 1 atom stereocenters. The molecule has 41 heavy (non-hydrogen) atoms. The Morgan fingerprint density at radius 2 is 1.85 bits per heavy atom. The summed E-state index contributed by atoms with van der Waals surface area (Å²) in [7, 11) is 0. The minimum absolute atomic E-state index is 0. The van der Waals surface area contributed by atoms with Crippen molar-refractivity contribution < 1.29 is 4.79 Å². The van der Waals surface area contributed by atoms with Gasteiger partial charge in [-0.2, -0.15) is 0 Å². The van der Waals surface area contributed by atoms with Crippen molar-refractivity contribution in [1.29, 1.82) is 0 Å². The summed E-state index contributed by atoms with van der Waals surface area (Å²) in [4.78, 5) is 45.8. The fourth-order valence-electron chi connectivity index (χ4n) is 4.49. The monoisotopic (exact) mass is 559 g/mol. The third-order valence-electron chi connectivity index (χ3n) is 6.33. The van der Waals surface area contributed by atoms with Crippen molar-refractivity contribution in [2.45, 2.75) is 20.4 Å². The summed E-state index contributed by atoms with van der Waals surface area (Å²) in [5.74, 6) is 6.12. The van der Waals surface area contributed by atoms with Crippen LogP contribution in [-0.4, -0.2) is 30.4 Å². The summed E-state index contributed by atoms with van der Waals surface area (Å²) < 4.78 is 1.51. The van der Waals surface area contributed by atoms with Crippen LogP contribution in [0.3, 0.4) is 0 Å². The number of benzene rings is 2. The molecule has 6 rings (SSSR count). The number of pyridine rings is 2. The zero-order valence-electron chi connectivity index (χ0n) is 21.2. The molecule has 0 spiro atoms. The highest BCUT2D eigenvalue weighted by molar-refractivity contribution is 7.10. The van der Waals surface area contributed by atoms with E-state index in [-0.39, 0.29) is 24.4 Å². The van der Waals surface area contributed by atoms with Crippen LogP contribution in [0.25, 0.3) is 27.5 Å².